The van der Waals surface area contributed by atoms with Crippen LogP contribution in [-0.2, 0) is 11.3 Å². The zero-order chi connectivity index (χ0) is 19.5. The maximum absolute atomic E-state index is 12.8. The fourth-order valence-electron chi connectivity index (χ4n) is 3.23. The highest BCUT2D eigenvalue weighted by molar-refractivity contribution is 6.08. The molecule has 0 saturated carbocycles. The van der Waals surface area contributed by atoms with Crippen LogP contribution in [0.25, 0.3) is 22.2 Å². The molecule has 0 aliphatic carbocycles. The molecule has 0 atom stereocenters. The van der Waals surface area contributed by atoms with E-state index in [9.17, 15) is 4.79 Å². The maximum atomic E-state index is 12.8. The lowest BCUT2D eigenvalue weighted by atomic mass is 10.2. The van der Waals surface area contributed by atoms with Gasteiger partial charge in [0.25, 0.3) is 0 Å². The van der Waals surface area contributed by atoms with Gasteiger partial charge in [0.2, 0.25) is 0 Å². The molecule has 0 aliphatic heterocycles. The van der Waals surface area contributed by atoms with Crippen molar-refractivity contribution >= 4 is 34.0 Å². The molecule has 3 aromatic heterocycles. The van der Waals surface area contributed by atoms with E-state index < -0.39 is 5.97 Å². The molecule has 0 fully saturated rings. The molecule has 144 valence electrons. The fraction of sp³-hybridized carbons (Fsp3) is 0.286. The monoisotopic (exact) mass is 378 g/mol. The molecule has 4 rings (SSSR count). The van der Waals surface area contributed by atoms with Crippen molar-refractivity contribution in [2.75, 3.05) is 12.3 Å². The minimum atomic E-state index is -0.471. The standard InChI is InChI=1S/C21H22N4O3/c1-2-3-6-11-28-21(26)17-18-20(24-16-10-5-4-9-15(16)23-18)25(19(17)22)13-14-8-7-12-27-14/h4-5,7-10,12H,2-3,6,11,13,22H2,1H3. The summed E-state index contributed by atoms with van der Waals surface area (Å²) < 4.78 is 12.7. The third kappa shape index (κ3) is 3.31. The molecule has 0 amide bonds. The van der Waals surface area contributed by atoms with E-state index in [1.54, 1.807) is 16.9 Å². The molecule has 0 spiro atoms. The molecule has 0 aliphatic rings. The van der Waals surface area contributed by atoms with Gasteiger partial charge in [-0.15, -0.1) is 0 Å². The van der Waals surface area contributed by atoms with Crippen molar-refractivity contribution in [3.05, 3.63) is 54.0 Å². The number of fused-ring (bicyclic) bond motifs is 2. The molecule has 0 bridgehead atoms. The van der Waals surface area contributed by atoms with Crippen molar-refractivity contribution in [2.24, 2.45) is 0 Å². The van der Waals surface area contributed by atoms with Gasteiger partial charge in [0.05, 0.1) is 30.4 Å². The van der Waals surface area contributed by atoms with Gasteiger partial charge in [-0.05, 0) is 30.7 Å². The van der Waals surface area contributed by atoms with Crippen molar-refractivity contribution in [1.29, 1.82) is 0 Å². The molecule has 4 aromatic rings. The van der Waals surface area contributed by atoms with Crippen LogP contribution in [0, 0.1) is 0 Å². The average molecular weight is 378 g/mol. The van der Waals surface area contributed by atoms with Crippen molar-refractivity contribution < 1.29 is 13.9 Å². The quantitative estimate of drug-likeness (QED) is 0.383. The van der Waals surface area contributed by atoms with Gasteiger partial charge in [0, 0.05) is 0 Å². The molecule has 28 heavy (non-hydrogen) atoms. The first kappa shape index (κ1) is 18.0. The Morgan fingerprint density at radius 1 is 1.14 bits per heavy atom. The summed E-state index contributed by atoms with van der Waals surface area (Å²) in [4.78, 5) is 22.1. The molecule has 7 nitrogen and oxygen atoms in total. The van der Waals surface area contributed by atoms with Crippen LogP contribution in [0.4, 0.5) is 5.82 Å². The zero-order valence-corrected chi connectivity index (χ0v) is 15.7. The smallest absolute Gasteiger partial charge is 0.344 e. The topological polar surface area (TPSA) is 96.2 Å². The van der Waals surface area contributed by atoms with Gasteiger partial charge in [0.15, 0.2) is 5.65 Å². The highest BCUT2D eigenvalue weighted by atomic mass is 16.5. The van der Waals surface area contributed by atoms with Crippen molar-refractivity contribution in [2.45, 2.75) is 32.7 Å². The Morgan fingerprint density at radius 2 is 1.93 bits per heavy atom. The van der Waals surface area contributed by atoms with Crippen LogP contribution >= 0.6 is 0 Å². The maximum Gasteiger partial charge on any atom is 0.344 e. The summed E-state index contributed by atoms with van der Waals surface area (Å²) in [5.41, 5.74) is 9.04. The molecule has 0 saturated heterocycles. The number of carbonyl (C=O) groups excluding carboxylic acids is 1. The molecule has 7 heteroatoms. The lowest BCUT2D eigenvalue weighted by Gasteiger charge is -2.06. The van der Waals surface area contributed by atoms with Crippen LogP contribution in [-0.4, -0.2) is 27.1 Å². The third-order valence-corrected chi connectivity index (χ3v) is 4.67. The number of furan rings is 1. The largest absolute Gasteiger partial charge is 0.467 e. The predicted molar refractivity (Wildman–Crippen MR) is 107 cm³/mol. The number of aromatic nitrogens is 3. The second kappa shape index (κ2) is 7.72. The van der Waals surface area contributed by atoms with Crippen molar-refractivity contribution in [3.63, 3.8) is 0 Å². The molecular weight excluding hydrogens is 356 g/mol. The van der Waals surface area contributed by atoms with Gasteiger partial charge in [-0.25, -0.2) is 14.8 Å². The third-order valence-electron chi connectivity index (χ3n) is 4.67. The molecule has 0 unspecified atom stereocenters. The number of carbonyl (C=O) groups is 1. The van der Waals surface area contributed by atoms with E-state index in [2.05, 4.69) is 11.9 Å². The number of para-hydroxylation sites is 2. The zero-order valence-electron chi connectivity index (χ0n) is 15.7. The Bertz CT molecular complexity index is 1120. The molecular formula is C21H22N4O3. The number of nitrogens with two attached hydrogens (primary N) is 1. The summed E-state index contributed by atoms with van der Waals surface area (Å²) in [6, 6.07) is 11.2. The van der Waals surface area contributed by atoms with Gasteiger partial charge in [0.1, 0.15) is 22.7 Å². The van der Waals surface area contributed by atoms with E-state index in [1.807, 2.05) is 30.3 Å². The van der Waals surface area contributed by atoms with Crippen molar-refractivity contribution in [3.8, 4) is 0 Å². The number of hydrogen-bond donors (Lipinski definition) is 1. The Hall–Kier alpha value is -3.35. The minimum absolute atomic E-state index is 0.260. The van der Waals surface area contributed by atoms with Crippen LogP contribution < -0.4 is 5.73 Å². The first-order chi connectivity index (χ1) is 13.7. The summed E-state index contributed by atoms with van der Waals surface area (Å²) in [5.74, 6) is 0.519. The van der Waals surface area contributed by atoms with Crippen LogP contribution in [0.15, 0.2) is 47.1 Å². The summed E-state index contributed by atoms with van der Waals surface area (Å²) in [6.07, 6.45) is 4.48. The molecule has 3 heterocycles. The van der Waals surface area contributed by atoms with E-state index in [1.165, 1.54) is 0 Å². The number of esters is 1. The van der Waals surface area contributed by atoms with E-state index >= 15 is 0 Å². The number of hydrogen-bond acceptors (Lipinski definition) is 6. The number of anilines is 1. The minimum Gasteiger partial charge on any atom is -0.467 e. The number of ether oxygens (including phenoxy) is 1. The van der Waals surface area contributed by atoms with Crippen molar-refractivity contribution in [1.82, 2.24) is 14.5 Å². The molecule has 2 N–H and O–H groups in total. The summed E-state index contributed by atoms with van der Waals surface area (Å²) >= 11 is 0. The lowest BCUT2D eigenvalue weighted by molar-refractivity contribution is 0.0501. The Balaban J connectivity index is 1.81. The van der Waals surface area contributed by atoms with E-state index in [0.29, 0.717) is 35.6 Å². The average Bonchev–Trinajstić information content (AvgIpc) is 3.30. The lowest BCUT2D eigenvalue weighted by Crippen LogP contribution is -2.11. The Kier molecular flexibility index (Phi) is 4.97. The Morgan fingerprint density at radius 3 is 2.64 bits per heavy atom. The van der Waals surface area contributed by atoms with Gasteiger partial charge in [-0.2, -0.15) is 0 Å². The van der Waals surface area contributed by atoms with Gasteiger partial charge in [-0.1, -0.05) is 31.9 Å². The summed E-state index contributed by atoms with van der Waals surface area (Å²) in [5, 5.41) is 0. The fourth-order valence-corrected chi connectivity index (χ4v) is 3.23. The second-order valence-electron chi connectivity index (χ2n) is 6.65. The number of unbranched alkanes of at least 4 members (excludes halogenated alkanes) is 2. The highest BCUT2D eigenvalue weighted by Gasteiger charge is 2.25. The molecule has 1 aromatic carbocycles. The van der Waals surface area contributed by atoms with Gasteiger partial charge >= 0.3 is 5.97 Å². The summed E-state index contributed by atoms with van der Waals surface area (Å²) in [7, 11) is 0. The van der Waals surface area contributed by atoms with E-state index in [0.717, 1.165) is 24.8 Å². The number of nitrogen functional groups attached to an aromatic ring is 1. The highest BCUT2D eigenvalue weighted by Crippen LogP contribution is 2.29. The van der Waals surface area contributed by atoms with Crippen LogP contribution in [0.1, 0.15) is 42.3 Å². The normalized spacial score (nSPS) is 11.3. The first-order valence-electron chi connectivity index (χ1n) is 9.43. The number of nitrogens with zero attached hydrogens (tertiary/aromatic N) is 3. The summed E-state index contributed by atoms with van der Waals surface area (Å²) in [6.45, 7) is 2.81. The SMILES string of the molecule is CCCCCOC(=O)c1c(N)n(Cc2ccco2)c2nc3ccccc3nc12. The van der Waals surface area contributed by atoms with E-state index in [4.69, 9.17) is 19.9 Å². The van der Waals surface area contributed by atoms with E-state index in [-0.39, 0.29) is 11.4 Å². The van der Waals surface area contributed by atoms with Crippen LogP contribution in [0.3, 0.4) is 0 Å². The first-order valence-corrected chi connectivity index (χ1v) is 9.43. The van der Waals surface area contributed by atoms with Gasteiger partial charge < -0.3 is 19.5 Å². The molecule has 0 radical (unpaired) electrons. The number of rotatable bonds is 7. The number of benzene rings is 1. The van der Waals surface area contributed by atoms with Crippen LogP contribution in [0.2, 0.25) is 0 Å². The Labute approximate surface area is 162 Å². The second-order valence-corrected chi connectivity index (χ2v) is 6.65. The van der Waals surface area contributed by atoms with Gasteiger partial charge in [-0.3, -0.25) is 0 Å². The van der Waals surface area contributed by atoms with Crippen LogP contribution in [0.5, 0.6) is 0 Å². The predicted octanol–water partition coefficient (Wildman–Crippen LogP) is 4.16.